The molecule has 0 radical (unpaired) electrons. The number of rotatable bonds is 9. The minimum Gasteiger partial charge on any atom is -0.370 e. The van der Waals surface area contributed by atoms with E-state index in [1.54, 1.807) is 26.0 Å². The lowest BCUT2D eigenvalue weighted by Gasteiger charge is -2.25. The standard InChI is InChI=1S/C16H26ClN3O3S/c1-5-19(6-2)15-10-9-13(11-14(15)18-16(21)12-17)24(22,23)20(7-3)8-4/h9-11H,5-8,12H2,1-4H3,(H,18,21). The van der Waals surface area contributed by atoms with Gasteiger partial charge in [-0.2, -0.15) is 4.31 Å². The number of nitrogens with zero attached hydrogens (tertiary/aromatic N) is 2. The van der Waals surface area contributed by atoms with Crippen LogP contribution in [0.3, 0.4) is 0 Å². The van der Waals surface area contributed by atoms with E-state index >= 15 is 0 Å². The summed E-state index contributed by atoms with van der Waals surface area (Å²) in [6, 6.07) is 4.82. The molecule has 0 aliphatic carbocycles. The van der Waals surface area contributed by atoms with Gasteiger partial charge in [-0.25, -0.2) is 8.42 Å². The lowest BCUT2D eigenvalue weighted by Crippen LogP contribution is -2.31. The third-order valence-electron chi connectivity index (χ3n) is 3.81. The maximum atomic E-state index is 12.7. The van der Waals surface area contributed by atoms with E-state index in [1.165, 1.54) is 10.4 Å². The van der Waals surface area contributed by atoms with Crippen molar-refractivity contribution in [2.75, 3.05) is 42.3 Å². The molecule has 0 heterocycles. The Balaban J connectivity index is 3.42. The van der Waals surface area contributed by atoms with Crippen molar-refractivity contribution in [2.24, 2.45) is 0 Å². The van der Waals surface area contributed by atoms with Gasteiger partial charge in [-0.3, -0.25) is 4.79 Å². The number of hydrogen-bond donors (Lipinski definition) is 1. The highest BCUT2D eigenvalue weighted by Crippen LogP contribution is 2.30. The molecule has 1 aromatic rings. The number of sulfonamides is 1. The second-order valence-electron chi connectivity index (χ2n) is 5.12. The van der Waals surface area contributed by atoms with E-state index < -0.39 is 10.0 Å². The maximum Gasteiger partial charge on any atom is 0.243 e. The van der Waals surface area contributed by atoms with Crippen molar-refractivity contribution in [3.8, 4) is 0 Å². The molecule has 6 nitrogen and oxygen atoms in total. The topological polar surface area (TPSA) is 69.7 Å². The Bertz CT molecular complexity index is 657. The van der Waals surface area contributed by atoms with E-state index in [1.807, 2.05) is 18.7 Å². The first-order valence-electron chi connectivity index (χ1n) is 8.10. The van der Waals surface area contributed by atoms with Crippen LogP contribution in [0.15, 0.2) is 23.1 Å². The van der Waals surface area contributed by atoms with Crippen LogP contribution in [0.1, 0.15) is 27.7 Å². The molecule has 0 aliphatic rings. The molecule has 24 heavy (non-hydrogen) atoms. The summed E-state index contributed by atoms with van der Waals surface area (Å²) in [5.41, 5.74) is 1.23. The Labute approximate surface area is 149 Å². The molecule has 1 N–H and O–H groups in total. The molecule has 0 unspecified atom stereocenters. The van der Waals surface area contributed by atoms with Crippen LogP contribution in [0.2, 0.25) is 0 Å². The highest BCUT2D eigenvalue weighted by Gasteiger charge is 2.23. The van der Waals surface area contributed by atoms with Gasteiger partial charge >= 0.3 is 0 Å². The molecule has 0 spiro atoms. The lowest BCUT2D eigenvalue weighted by molar-refractivity contribution is -0.113. The quantitative estimate of drug-likeness (QED) is 0.674. The normalized spacial score (nSPS) is 11.6. The zero-order valence-corrected chi connectivity index (χ0v) is 16.2. The molecule has 1 rings (SSSR count). The fourth-order valence-electron chi connectivity index (χ4n) is 2.51. The second-order valence-corrected chi connectivity index (χ2v) is 7.33. The Morgan fingerprint density at radius 1 is 1.08 bits per heavy atom. The molecular weight excluding hydrogens is 350 g/mol. The maximum absolute atomic E-state index is 12.7. The van der Waals surface area contributed by atoms with Crippen molar-refractivity contribution in [2.45, 2.75) is 32.6 Å². The van der Waals surface area contributed by atoms with Crippen molar-refractivity contribution in [3.63, 3.8) is 0 Å². The molecule has 0 atom stereocenters. The van der Waals surface area contributed by atoms with Crippen LogP contribution in [-0.2, 0) is 14.8 Å². The Hall–Kier alpha value is -1.31. The summed E-state index contributed by atoms with van der Waals surface area (Å²) < 4.78 is 26.8. The number of alkyl halides is 1. The SMILES string of the molecule is CCN(CC)c1ccc(S(=O)(=O)N(CC)CC)cc1NC(=O)CCl. The van der Waals surface area contributed by atoms with Crippen LogP contribution in [0, 0.1) is 0 Å². The number of nitrogens with one attached hydrogen (secondary N) is 1. The summed E-state index contributed by atoms with van der Waals surface area (Å²) in [5, 5.41) is 2.70. The first kappa shape index (κ1) is 20.7. The van der Waals surface area contributed by atoms with Gasteiger partial charge in [-0.15, -0.1) is 11.6 Å². The number of carbonyl (C=O) groups excluding carboxylic acids is 1. The first-order valence-corrected chi connectivity index (χ1v) is 10.1. The molecule has 0 aromatic heterocycles. The monoisotopic (exact) mass is 375 g/mol. The molecule has 0 fully saturated rings. The largest absolute Gasteiger partial charge is 0.370 e. The fraction of sp³-hybridized carbons (Fsp3) is 0.562. The summed E-state index contributed by atoms with van der Waals surface area (Å²) in [4.78, 5) is 13.9. The molecule has 0 aliphatic heterocycles. The van der Waals surface area contributed by atoms with Crippen LogP contribution < -0.4 is 10.2 Å². The predicted octanol–water partition coefficient (Wildman–Crippen LogP) is 2.74. The van der Waals surface area contributed by atoms with Crippen LogP contribution in [-0.4, -0.2) is 50.7 Å². The van der Waals surface area contributed by atoms with Crippen molar-refractivity contribution in [1.29, 1.82) is 0 Å². The van der Waals surface area contributed by atoms with E-state index in [0.29, 0.717) is 18.8 Å². The van der Waals surface area contributed by atoms with Crippen molar-refractivity contribution in [3.05, 3.63) is 18.2 Å². The van der Waals surface area contributed by atoms with Gasteiger partial charge in [0, 0.05) is 26.2 Å². The second kappa shape index (κ2) is 9.25. The van der Waals surface area contributed by atoms with Gasteiger partial charge in [0.1, 0.15) is 5.88 Å². The van der Waals surface area contributed by atoms with E-state index in [0.717, 1.165) is 18.8 Å². The molecule has 1 aromatic carbocycles. The average Bonchev–Trinajstić information content (AvgIpc) is 2.57. The fourth-order valence-corrected chi connectivity index (χ4v) is 4.06. The van der Waals surface area contributed by atoms with E-state index in [2.05, 4.69) is 5.32 Å². The molecule has 8 heteroatoms. The van der Waals surface area contributed by atoms with E-state index in [4.69, 9.17) is 11.6 Å². The molecule has 0 saturated heterocycles. The number of amides is 1. The van der Waals surface area contributed by atoms with Gasteiger partial charge in [0.05, 0.1) is 16.3 Å². The van der Waals surface area contributed by atoms with E-state index in [9.17, 15) is 13.2 Å². The minimum absolute atomic E-state index is 0.159. The number of benzene rings is 1. The number of halogens is 1. The number of hydrogen-bond acceptors (Lipinski definition) is 4. The van der Waals surface area contributed by atoms with Gasteiger partial charge in [0.2, 0.25) is 15.9 Å². The summed E-state index contributed by atoms with van der Waals surface area (Å²) in [7, 11) is -3.59. The Morgan fingerprint density at radius 3 is 2.12 bits per heavy atom. The number of anilines is 2. The van der Waals surface area contributed by atoms with Gasteiger partial charge in [0.25, 0.3) is 0 Å². The summed E-state index contributed by atoms with van der Waals surface area (Å²) in [6.07, 6.45) is 0. The molecule has 136 valence electrons. The van der Waals surface area contributed by atoms with E-state index in [-0.39, 0.29) is 16.7 Å². The number of carbonyl (C=O) groups is 1. The Kier molecular flexibility index (Phi) is 7.99. The smallest absolute Gasteiger partial charge is 0.243 e. The van der Waals surface area contributed by atoms with Crippen molar-refractivity contribution in [1.82, 2.24) is 4.31 Å². The third-order valence-corrected chi connectivity index (χ3v) is 6.10. The van der Waals surface area contributed by atoms with Crippen LogP contribution in [0.25, 0.3) is 0 Å². The molecular formula is C16H26ClN3O3S. The van der Waals surface area contributed by atoms with Gasteiger partial charge in [-0.05, 0) is 32.0 Å². The summed E-state index contributed by atoms with van der Waals surface area (Å²) >= 11 is 5.57. The van der Waals surface area contributed by atoms with Crippen LogP contribution in [0.4, 0.5) is 11.4 Å². The highest BCUT2D eigenvalue weighted by atomic mass is 35.5. The molecule has 1 amide bonds. The summed E-state index contributed by atoms with van der Waals surface area (Å²) in [5.74, 6) is -0.562. The molecule has 0 bridgehead atoms. The van der Waals surface area contributed by atoms with Gasteiger partial charge < -0.3 is 10.2 Å². The highest BCUT2D eigenvalue weighted by molar-refractivity contribution is 7.89. The zero-order valence-electron chi connectivity index (χ0n) is 14.7. The summed E-state index contributed by atoms with van der Waals surface area (Å²) in [6.45, 7) is 9.84. The lowest BCUT2D eigenvalue weighted by atomic mass is 10.2. The van der Waals surface area contributed by atoms with Crippen molar-refractivity contribution < 1.29 is 13.2 Å². The third kappa shape index (κ3) is 4.62. The van der Waals surface area contributed by atoms with Gasteiger partial charge in [-0.1, -0.05) is 13.8 Å². The minimum atomic E-state index is -3.59. The van der Waals surface area contributed by atoms with Crippen molar-refractivity contribution >= 4 is 38.9 Å². The van der Waals surface area contributed by atoms with Crippen LogP contribution in [0.5, 0.6) is 0 Å². The van der Waals surface area contributed by atoms with Gasteiger partial charge in [0.15, 0.2) is 0 Å². The average molecular weight is 376 g/mol. The molecule has 0 saturated carbocycles. The Morgan fingerprint density at radius 2 is 1.67 bits per heavy atom. The first-order chi connectivity index (χ1) is 11.3. The predicted molar refractivity (Wildman–Crippen MR) is 99.5 cm³/mol. The zero-order chi connectivity index (χ0) is 18.3. The van der Waals surface area contributed by atoms with Crippen LogP contribution >= 0.6 is 11.6 Å².